The number of hydrogen-bond donors (Lipinski definition) is 2. The van der Waals surface area contributed by atoms with Crippen LogP contribution in [0.2, 0.25) is 0 Å². The molecule has 0 amide bonds. The van der Waals surface area contributed by atoms with Gasteiger partial charge in [0, 0.05) is 30.4 Å². The molecule has 1 aromatic carbocycles. The first-order valence-corrected chi connectivity index (χ1v) is 11.0. The maximum Gasteiger partial charge on any atom is 0.144 e. The Morgan fingerprint density at radius 1 is 1.15 bits per heavy atom. The number of aryl methyl sites for hydroxylation is 1. The molecule has 0 spiro atoms. The number of aromatic nitrogens is 2. The molecule has 0 aliphatic rings. The van der Waals surface area contributed by atoms with E-state index in [4.69, 9.17) is 0 Å². The van der Waals surface area contributed by atoms with Crippen molar-refractivity contribution in [3.05, 3.63) is 90.7 Å². The lowest BCUT2D eigenvalue weighted by Gasteiger charge is -2.14. The van der Waals surface area contributed by atoms with Crippen molar-refractivity contribution in [1.29, 1.82) is 0 Å². The second-order valence-electron chi connectivity index (χ2n) is 6.80. The molecule has 0 fully saturated rings. The standard InChI is InChI=1S/C25H29N5O.C2H6/c1-6-7-24(19(3)28-23(14-17-31)12-15-26-5)29-18(2)21-8-10-22(11-9-21)25-13-16-27-20(4)30-25;1-2/h6-11,13-14,16-17,26,28H,2-3,12,15H2,1,4-5H3;1-2H3/b7-6-,23-14+,29-24?;. The molecule has 0 atom stereocenters. The van der Waals surface area contributed by atoms with E-state index in [1.54, 1.807) is 6.20 Å². The van der Waals surface area contributed by atoms with Crippen LogP contribution < -0.4 is 10.6 Å². The Labute approximate surface area is 198 Å². The highest BCUT2D eigenvalue weighted by molar-refractivity contribution is 6.10. The first-order valence-electron chi connectivity index (χ1n) is 11.0. The van der Waals surface area contributed by atoms with Gasteiger partial charge in [-0.05, 0) is 44.7 Å². The summed E-state index contributed by atoms with van der Waals surface area (Å²) in [5.41, 5.74) is 5.37. The number of benzene rings is 1. The van der Waals surface area contributed by atoms with Crippen molar-refractivity contribution in [2.45, 2.75) is 34.1 Å². The quantitative estimate of drug-likeness (QED) is 0.280. The van der Waals surface area contributed by atoms with E-state index in [0.717, 1.165) is 41.2 Å². The van der Waals surface area contributed by atoms with Gasteiger partial charge in [-0.3, -0.25) is 4.79 Å². The van der Waals surface area contributed by atoms with Gasteiger partial charge in [0.2, 0.25) is 0 Å². The predicted molar refractivity (Wildman–Crippen MR) is 140 cm³/mol. The van der Waals surface area contributed by atoms with Crippen LogP contribution >= 0.6 is 0 Å². The van der Waals surface area contributed by atoms with Gasteiger partial charge in [-0.25, -0.2) is 15.0 Å². The summed E-state index contributed by atoms with van der Waals surface area (Å²) in [5, 5.41) is 6.25. The van der Waals surface area contributed by atoms with Gasteiger partial charge >= 0.3 is 0 Å². The van der Waals surface area contributed by atoms with Crippen molar-refractivity contribution in [3.8, 4) is 11.3 Å². The number of nitrogens with one attached hydrogen (secondary N) is 2. The fourth-order valence-electron chi connectivity index (χ4n) is 2.81. The van der Waals surface area contributed by atoms with Crippen LogP contribution in [-0.4, -0.2) is 35.6 Å². The summed E-state index contributed by atoms with van der Waals surface area (Å²) in [6, 6.07) is 9.79. The number of rotatable bonds is 11. The zero-order valence-corrected chi connectivity index (χ0v) is 20.4. The molecule has 0 saturated carbocycles. The summed E-state index contributed by atoms with van der Waals surface area (Å²) < 4.78 is 0. The molecule has 174 valence electrons. The van der Waals surface area contributed by atoms with Gasteiger partial charge in [0.05, 0.1) is 22.8 Å². The lowest BCUT2D eigenvalue weighted by molar-refractivity contribution is -0.104. The summed E-state index contributed by atoms with van der Waals surface area (Å²) in [5.74, 6) is 0.732. The van der Waals surface area contributed by atoms with E-state index in [2.05, 4.69) is 38.8 Å². The number of allylic oxidation sites excluding steroid dienone is 3. The Morgan fingerprint density at radius 3 is 2.42 bits per heavy atom. The van der Waals surface area contributed by atoms with E-state index in [9.17, 15) is 4.79 Å². The molecule has 0 bridgehead atoms. The first kappa shape index (κ1) is 27.4. The number of carbonyl (C=O) groups is 1. The summed E-state index contributed by atoms with van der Waals surface area (Å²) in [4.78, 5) is 24.2. The molecule has 0 radical (unpaired) electrons. The smallest absolute Gasteiger partial charge is 0.144 e. The molecule has 0 aliphatic carbocycles. The fourth-order valence-corrected chi connectivity index (χ4v) is 2.81. The minimum absolute atomic E-state index is 0.594. The van der Waals surface area contributed by atoms with E-state index in [0.29, 0.717) is 23.5 Å². The molecule has 0 unspecified atom stereocenters. The van der Waals surface area contributed by atoms with Crippen LogP contribution in [0.25, 0.3) is 17.0 Å². The Hall–Kier alpha value is -3.64. The predicted octanol–water partition coefficient (Wildman–Crippen LogP) is 5.26. The van der Waals surface area contributed by atoms with Crippen molar-refractivity contribution >= 4 is 17.7 Å². The molecule has 2 N–H and O–H groups in total. The minimum atomic E-state index is 0.594. The third kappa shape index (κ3) is 9.17. The number of nitrogens with zero attached hydrogens (tertiary/aromatic N) is 3. The number of carbonyl (C=O) groups excluding carboxylic acids is 1. The van der Waals surface area contributed by atoms with Crippen LogP contribution in [0, 0.1) is 6.92 Å². The Kier molecular flexibility index (Phi) is 12.6. The fraction of sp³-hybridized carbons (Fsp3) is 0.259. The van der Waals surface area contributed by atoms with Crippen LogP contribution in [0.4, 0.5) is 0 Å². The molecule has 1 aromatic heterocycles. The van der Waals surface area contributed by atoms with Gasteiger partial charge in [0.1, 0.15) is 12.1 Å². The van der Waals surface area contributed by atoms with E-state index < -0.39 is 0 Å². The SMILES string of the molecule is C=C(N/C(=C/C=O)CCNC)C(/C=C\C)=NC(=C)c1ccc(-c2ccnc(C)n2)cc1.CC. The third-order valence-corrected chi connectivity index (χ3v) is 4.40. The van der Waals surface area contributed by atoms with Crippen LogP contribution in [0.1, 0.15) is 38.6 Å². The van der Waals surface area contributed by atoms with Crippen LogP contribution in [0.3, 0.4) is 0 Å². The van der Waals surface area contributed by atoms with Crippen molar-refractivity contribution in [2.75, 3.05) is 13.6 Å². The van der Waals surface area contributed by atoms with Crippen molar-refractivity contribution < 1.29 is 4.79 Å². The van der Waals surface area contributed by atoms with E-state index in [-0.39, 0.29) is 0 Å². The lowest BCUT2D eigenvalue weighted by Crippen LogP contribution is -2.21. The van der Waals surface area contributed by atoms with E-state index >= 15 is 0 Å². The van der Waals surface area contributed by atoms with Gasteiger partial charge in [0.15, 0.2) is 0 Å². The average Bonchev–Trinajstić information content (AvgIpc) is 2.83. The highest BCUT2D eigenvalue weighted by Gasteiger charge is 2.07. The molecule has 6 heteroatoms. The monoisotopic (exact) mass is 445 g/mol. The number of aliphatic imine (C=N–C) groups is 1. The highest BCUT2D eigenvalue weighted by atomic mass is 16.1. The Balaban J connectivity index is 0.00000265. The number of aldehydes is 1. The molecule has 2 aromatic rings. The Morgan fingerprint density at radius 2 is 1.85 bits per heavy atom. The van der Waals surface area contributed by atoms with E-state index in [1.807, 2.05) is 77.2 Å². The molecule has 33 heavy (non-hydrogen) atoms. The molecular formula is C27H35N5O. The van der Waals surface area contributed by atoms with Crippen LogP contribution in [0.5, 0.6) is 0 Å². The molecule has 0 aliphatic heterocycles. The third-order valence-electron chi connectivity index (χ3n) is 4.40. The molecule has 0 saturated heterocycles. The molecule has 6 nitrogen and oxygen atoms in total. The summed E-state index contributed by atoms with van der Waals surface area (Å²) in [6.45, 7) is 16.7. The molecule has 2 rings (SSSR count). The van der Waals surface area contributed by atoms with Crippen molar-refractivity contribution in [3.63, 3.8) is 0 Å². The van der Waals surface area contributed by atoms with Gasteiger partial charge < -0.3 is 10.6 Å². The normalized spacial score (nSPS) is 11.5. The Bertz CT molecular complexity index is 1020. The van der Waals surface area contributed by atoms with Gasteiger partial charge in [-0.1, -0.05) is 57.3 Å². The maximum absolute atomic E-state index is 10.9. The zero-order valence-electron chi connectivity index (χ0n) is 20.4. The average molecular weight is 446 g/mol. The van der Waals surface area contributed by atoms with Crippen molar-refractivity contribution in [2.24, 2.45) is 4.99 Å². The maximum atomic E-state index is 10.9. The summed E-state index contributed by atoms with van der Waals surface area (Å²) in [7, 11) is 1.86. The second kappa shape index (κ2) is 15.2. The lowest BCUT2D eigenvalue weighted by atomic mass is 10.1. The minimum Gasteiger partial charge on any atom is -0.357 e. The van der Waals surface area contributed by atoms with E-state index in [1.165, 1.54) is 6.08 Å². The first-order chi connectivity index (χ1) is 16.0. The zero-order chi connectivity index (χ0) is 24.6. The molecule has 1 heterocycles. The topological polar surface area (TPSA) is 79.3 Å². The largest absolute Gasteiger partial charge is 0.357 e. The second-order valence-corrected chi connectivity index (χ2v) is 6.80. The summed E-state index contributed by atoms with van der Waals surface area (Å²) >= 11 is 0. The molecular weight excluding hydrogens is 410 g/mol. The number of hydrogen-bond acceptors (Lipinski definition) is 6. The van der Waals surface area contributed by atoms with Gasteiger partial charge in [-0.15, -0.1) is 0 Å². The van der Waals surface area contributed by atoms with Gasteiger partial charge in [0.25, 0.3) is 0 Å². The summed E-state index contributed by atoms with van der Waals surface area (Å²) in [6.07, 6.45) is 8.42. The van der Waals surface area contributed by atoms with Crippen LogP contribution in [-0.2, 0) is 4.79 Å². The highest BCUT2D eigenvalue weighted by Crippen LogP contribution is 2.21. The van der Waals surface area contributed by atoms with Gasteiger partial charge in [-0.2, -0.15) is 0 Å². The van der Waals surface area contributed by atoms with Crippen molar-refractivity contribution in [1.82, 2.24) is 20.6 Å². The van der Waals surface area contributed by atoms with Crippen LogP contribution in [0.15, 0.2) is 84.3 Å².